The smallest absolute Gasteiger partial charge is 0.261 e. The monoisotopic (exact) mass is 394 g/mol. The third kappa shape index (κ3) is 3.32. The first kappa shape index (κ1) is 18.4. The predicted octanol–water partition coefficient (Wildman–Crippen LogP) is 2.11. The van der Waals surface area contributed by atoms with Gasteiger partial charge in [0.2, 0.25) is 15.9 Å². The Morgan fingerprint density at radius 1 is 1.08 bits per heavy atom. The van der Waals surface area contributed by atoms with Crippen LogP contribution in [0, 0.1) is 12.8 Å². The molecule has 1 fully saturated rings. The van der Waals surface area contributed by atoms with Gasteiger partial charge in [0, 0.05) is 0 Å². The molecule has 1 amide bonds. The van der Waals surface area contributed by atoms with Crippen LogP contribution in [0.5, 0.6) is 0 Å². The number of nitrogens with zero attached hydrogens (tertiary/aromatic N) is 1. The lowest BCUT2D eigenvalue weighted by Crippen LogP contribution is -2.30. The quantitative estimate of drug-likeness (QED) is 0.856. The molecule has 138 valence electrons. The summed E-state index contributed by atoms with van der Waals surface area (Å²) in [7, 11) is -7.55. The minimum Gasteiger partial charge on any atom is -0.279 e. The maximum absolute atomic E-state index is 12.5. The Hall–Kier alpha value is -2.39. The molecule has 7 nitrogen and oxygen atoms in total. The summed E-state index contributed by atoms with van der Waals surface area (Å²) < 4.78 is 52.5. The molecule has 1 atom stereocenters. The lowest BCUT2D eigenvalue weighted by molar-refractivity contribution is -0.119. The Labute approximate surface area is 152 Å². The van der Waals surface area contributed by atoms with Gasteiger partial charge in [-0.15, -0.1) is 0 Å². The normalized spacial score (nSPS) is 19.5. The van der Waals surface area contributed by atoms with Crippen molar-refractivity contribution in [2.45, 2.75) is 18.7 Å². The summed E-state index contributed by atoms with van der Waals surface area (Å²) in [5.41, 5.74) is 1.37. The Bertz CT molecular complexity index is 1060. The van der Waals surface area contributed by atoms with Gasteiger partial charge in [-0.3, -0.25) is 9.52 Å². The van der Waals surface area contributed by atoms with E-state index in [9.17, 15) is 21.6 Å². The second kappa shape index (κ2) is 6.40. The molecule has 1 aliphatic rings. The van der Waals surface area contributed by atoms with Crippen LogP contribution in [0.3, 0.4) is 0 Å². The second-order valence-electron chi connectivity index (χ2n) is 6.20. The van der Waals surface area contributed by atoms with Crippen LogP contribution in [0.15, 0.2) is 53.4 Å². The van der Waals surface area contributed by atoms with Crippen LogP contribution in [0.2, 0.25) is 0 Å². The third-order valence-electron chi connectivity index (χ3n) is 4.13. The number of hydrogen-bond acceptors (Lipinski definition) is 5. The summed E-state index contributed by atoms with van der Waals surface area (Å²) in [5.74, 6) is -1.38. The van der Waals surface area contributed by atoms with Gasteiger partial charge in [-0.05, 0) is 42.8 Å². The minimum atomic E-state index is -3.83. The second-order valence-corrected chi connectivity index (χ2v) is 9.74. The molecule has 0 bridgehead atoms. The SMILES string of the molecule is Cc1ccccc1NS(=O)(=O)c1ccc(N2C(=O)[C@@H](C)CS2(=O)=O)cc1. The van der Waals surface area contributed by atoms with E-state index in [1.165, 1.54) is 24.3 Å². The van der Waals surface area contributed by atoms with Crippen LogP contribution in [-0.2, 0) is 24.8 Å². The van der Waals surface area contributed by atoms with Crippen LogP contribution >= 0.6 is 0 Å². The lowest BCUT2D eigenvalue weighted by Gasteiger charge is -2.16. The highest BCUT2D eigenvalue weighted by molar-refractivity contribution is 7.94. The number of hydrogen-bond donors (Lipinski definition) is 1. The van der Waals surface area contributed by atoms with E-state index >= 15 is 0 Å². The summed E-state index contributed by atoms with van der Waals surface area (Å²) in [6, 6.07) is 12.2. The Kier molecular flexibility index (Phi) is 4.53. The van der Waals surface area contributed by atoms with Crippen LogP contribution < -0.4 is 9.03 Å². The molecule has 0 saturated carbocycles. The van der Waals surface area contributed by atoms with Gasteiger partial charge in [-0.2, -0.15) is 0 Å². The van der Waals surface area contributed by atoms with Crippen LogP contribution in [-0.4, -0.2) is 28.5 Å². The highest BCUT2D eigenvalue weighted by atomic mass is 32.2. The van der Waals surface area contributed by atoms with Gasteiger partial charge < -0.3 is 0 Å². The van der Waals surface area contributed by atoms with Gasteiger partial charge >= 0.3 is 0 Å². The molecule has 26 heavy (non-hydrogen) atoms. The zero-order valence-corrected chi connectivity index (χ0v) is 15.8. The maximum atomic E-state index is 12.5. The van der Waals surface area contributed by atoms with Crippen molar-refractivity contribution in [3.8, 4) is 0 Å². The van der Waals surface area contributed by atoms with Crippen molar-refractivity contribution < 1.29 is 21.6 Å². The van der Waals surface area contributed by atoms with Crippen molar-refractivity contribution >= 4 is 37.3 Å². The number of benzene rings is 2. The molecule has 0 radical (unpaired) electrons. The fraction of sp³-hybridized carbons (Fsp3) is 0.235. The Balaban J connectivity index is 1.90. The van der Waals surface area contributed by atoms with Crippen LogP contribution in [0.25, 0.3) is 0 Å². The molecule has 0 aromatic heterocycles. The Morgan fingerprint density at radius 2 is 1.69 bits per heavy atom. The molecular weight excluding hydrogens is 376 g/mol. The summed E-state index contributed by atoms with van der Waals surface area (Å²) in [6.07, 6.45) is 0. The van der Waals surface area contributed by atoms with E-state index in [0.29, 0.717) is 5.69 Å². The summed E-state index contributed by atoms with van der Waals surface area (Å²) in [4.78, 5) is 12.1. The van der Waals surface area contributed by atoms with Crippen molar-refractivity contribution in [1.29, 1.82) is 0 Å². The van der Waals surface area contributed by atoms with Gasteiger partial charge in [0.25, 0.3) is 10.0 Å². The zero-order valence-electron chi connectivity index (χ0n) is 14.2. The first-order valence-corrected chi connectivity index (χ1v) is 11.0. The number of amides is 1. The van der Waals surface area contributed by atoms with Gasteiger partial charge in [-0.1, -0.05) is 25.1 Å². The molecule has 0 spiro atoms. The first-order valence-electron chi connectivity index (χ1n) is 7.87. The molecule has 1 heterocycles. The summed E-state index contributed by atoms with van der Waals surface area (Å²) in [6.45, 7) is 3.33. The topological polar surface area (TPSA) is 101 Å². The maximum Gasteiger partial charge on any atom is 0.261 e. The van der Waals surface area contributed by atoms with E-state index in [0.717, 1.165) is 9.87 Å². The highest BCUT2D eigenvalue weighted by Crippen LogP contribution is 2.29. The number of aryl methyl sites for hydroxylation is 1. The largest absolute Gasteiger partial charge is 0.279 e. The molecule has 1 N–H and O–H groups in total. The van der Waals surface area contributed by atoms with E-state index in [2.05, 4.69) is 4.72 Å². The van der Waals surface area contributed by atoms with Gasteiger partial charge in [-0.25, -0.2) is 21.1 Å². The van der Waals surface area contributed by atoms with E-state index in [1.54, 1.807) is 38.1 Å². The first-order chi connectivity index (χ1) is 12.1. The van der Waals surface area contributed by atoms with E-state index in [-0.39, 0.29) is 16.3 Å². The molecule has 0 unspecified atom stereocenters. The number of nitrogens with one attached hydrogen (secondary N) is 1. The molecular formula is C17H18N2O5S2. The number of carbonyl (C=O) groups excluding carboxylic acids is 1. The van der Waals surface area contributed by atoms with Gasteiger partial charge in [0.1, 0.15) is 0 Å². The lowest BCUT2D eigenvalue weighted by atomic mass is 10.2. The third-order valence-corrected chi connectivity index (χ3v) is 7.38. The number of rotatable bonds is 4. The number of anilines is 2. The van der Waals surface area contributed by atoms with Gasteiger partial charge in [0.15, 0.2) is 0 Å². The average Bonchev–Trinajstić information content (AvgIpc) is 2.77. The van der Waals surface area contributed by atoms with Gasteiger partial charge in [0.05, 0.1) is 27.9 Å². The van der Waals surface area contributed by atoms with E-state index in [1.807, 2.05) is 0 Å². The fourth-order valence-electron chi connectivity index (χ4n) is 2.74. The molecule has 9 heteroatoms. The van der Waals surface area contributed by atoms with Crippen molar-refractivity contribution in [3.63, 3.8) is 0 Å². The molecule has 2 aromatic carbocycles. The number of sulfonamides is 2. The molecule has 1 aliphatic heterocycles. The van der Waals surface area contributed by atoms with Crippen LogP contribution in [0.1, 0.15) is 12.5 Å². The minimum absolute atomic E-state index is 0.0263. The zero-order chi connectivity index (χ0) is 19.1. The molecule has 0 aliphatic carbocycles. The van der Waals surface area contributed by atoms with Crippen molar-refractivity contribution in [2.75, 3.05) is 14.8 Å². The van der Waals surface area contributed by atoms with Crippen molar-refractivity contribution in [2.24, 2.45) is 5.92 Å². The Morgan fingerprint density at radius 3 is 2.23 bits per heavy atom. The van der Waals surface area contributed by atoms with Crippen LogP contribution in [0.4, 0.5) is 11.4 Å². The van der Waals surface area contributed by atoms with Crippen molar-refractivity contribution in [1.82, 2.24) is 0 Å². The highest BCUT2D eigenvalue weighted by Gasteiger charge is 2.41. The molecule has 1 saturated heterocycles. The summed E-state index contributed by atoms with van der Waals surface area (Å²) in [5, 5.41) is 0. The molecule has 2 aromatic rings. The number of para-hydroxylation sites is 1. The van der Waals surface area contributed by atoms with E-state index < -0.39 is 31.9 Å². The summed E-state index contributed by atoms with van der Waals surface area (Å²) >= 11 is 0. The van der Waals surface area contributed by atoms with E-state index in [4.69, 9.17) is 0 Å². The molecule has 3 rings (SSSR count). The predicted molar refractivity (Wildman–Crippen MR) is 98.9 cm³/mol. The van der Waals surface area contributed by atoms with Crippen molar-refractivity contribution in [3.05, 3.63) is 54.1 Å². The standard InChI is InChI=1S/C17H18N2O5S2/c1-12-5-3-4-6-16(12)18-26(23,24)15-9-7-14(8-10-15)19-17(20)13(2)11-25(19,21)22/h3-10,13,18H,11H2,1-2H3/t13-/m0/s1. The average molecular weight is 394 g/mol. The fourth-order valence-corrected chi connectivity index (χ4v) is 5.69. The number of carbonyl (C=O) groups is 1.